The van der Waals surface area contributed by atoms with Crippen LogP contribution in [0.1, 0.15) is 6.42 Å². The number of nitrogens with one attached hydrogen (secondary N) is 1. The maximum atomic E-state index is 6.18. The predicted octanol–water partition coefficient (Wildman–Crippen LogP) is 1.16. The minimum Gasteiger partial charge on any atom is -0.376 e. The Kier molecular flexibility index (Phi) is 2.43. The molecule has 1 saturated carbocycles. The van der Waals surface area contributed by atoms with Gasteiger partial charge in [-0.15, -0.1) is 0 Å². The third-order valence-electron chi connectivity index (χ3n) is 4.21. The summed E-state index contributed by atoms with van der Waals surface area (Å²) in [6.07, 6.45) is 3.08. The Balaban J connectivity index is 1.58. The highest BCUT2D eigenvalue weighted by atomic mass is 16.5. The molecule has 1 aromatic carbocycles. The van der Waals surface area contributed by atoms with Gasteiger partial charge in [-0.3, -0.25) is 4.98 Å². The van der Waals surface area contributed by atoms with E-state index in [0.717, 1.165) is 29.9 Å². The Morgan fingerprint density at radius 2 is 2.11 bits per heavy atom. The van der Waals surface area contributed by atoms with Crippen molar-refractivity contribution in [2.24, 2.45) is 11.7 Å². The van der Waals surface area contributed by atoms with Crippen LogP contribution >= 0.6 is 0 Å². The molecular formula is C14H16N4O. The Hall–Kier alpha value is -1.72. The summed E-state index contributed by atoms with van der Waals surface area (Å²) in [5, 5.41) is 3.37. The number of aromatic nitrogens is 2. The van der Waals surface area contributed by atoms with E-state index < -0.39 is 0 Å². The first-order chi connectivity index (χ1) is 9.33. The molecule has 2 aromatic rings. The van der Waals surface area contributed by atoms with Gasteiger partial charge in [-0.1, -0.05) is 12.1 Å². The Labute approximate surface area is 111 Å². The fraction of sp³-hybridized carbons (Fsp3) is 0.429. The number of anilines is 1. The largest absolute Gasteiger partial charge is 0.376 e. The van der Waals surface area contributed by atoms with Gasteiger partial charge in [0.1, 0.15) is 5.82 Å². The van der Waals surface area contributed by atoms with Gasteiger partial charge in [0.2, 0.25) is 0 Å². The SMILES string of the molecule is NC1C2CCOC2C1Nc1cnc2ccccc2n1. The number of para-hydroxylation sites is 2. The number of rotatable bonds is 2. The van der Waals surface area contributed by atoms with Gasteiger partial charge in [0.05, 0.1) is 29.4 Å². The van der Waals surface area contributed by atoms with E-state index in [1.807, 2.05) is 24.3 Å². The molecule has 0 amide bonds. The molecule has 0 spiro atoms. The quantitative estimate of drug-likeness (QED) is 0.843. The van der Waals surface area contributed by atoms with Gasteiger partial charge in [0.15, 0.2) is 0 Å². The van der Waals surface area contributed by atoms with Gasteiger partial charge < -0.3 is 15.8 Å². The third kappa shape index (κ3) is 1.69. The second-order valence-corrected chi connectivity index (χ2v) is 5.28. The van der Waals surface area contributed by atoms with Gasteiger partial charge in [-0.25, -0.2) is 4.98 Å². The second kappa shape index (κ2) is 4.15. The molecule has 3 N–H and O–H groups in total. The molecule has 2 heterocycles. The fourth-order valence-corrected chi connectivity index (χ4v) is 3.13. The molecule has 0 bridgehead atoms. The third-order valence-corrected chi connectivity index (χ3v) is 4.21. The number of hydrogen-bond donors (Lipinski definition) is 2. The van der Waals surface area contributed by atoms with E-state index in [-0.39, 0.29) is 18.2 Å². The van der Waals surface area contributed by atoms with Gasteiger partial charge in [-0.2, -0.15) is 0 Å². The molecule has 4 atom stereocenters. The number of nitrogens with two attached hydrogens (primary N) is 1. The highest BCUT2D eigenvalue weighted by Gasteiger charge is 2.52. The van der Waals surface area contributed by atoms with Crippen LogP contribution in [-0.2, 0) is 4.74 Å². The summed E-state index contributed by atoms with van der Waals surface area (Å²) in [5.41, 5.74) is 7.97. The molecular weight excluding hydrogens is 240 g/mol. The minimum absolute atomic E-state index is 0.153. The van der Waals surface area contributed by atoms with Gasteiger partial charge in [0.25, 0.3) is 0 Å². The van der Waals surface area contributed by atoms with Crippen molar-refractivity contribution in [3.8, 4) is 0 Å². The number of benzene rings is 1. The lowest BCUT2D eigenvalue weighted by atomic mass is 9.72. The molecule has 4 rings (SSSR count). The van der Waals surface area contributed by atoms with Crippen molar-refractivity contribution in [2.45, 2.75) is 24.6 Å². The van der Waals surface area contributed by atoms with Crippen molar-refractivity contribution >= 4 is 16.9 Å². The topological polar surface area (TPSA) is 73.1 Å². The van der Waals surface area contributed by atoms with Crippen LogP contribution in [0.4, 0.5) is 5.82 Å². The van der Waals surface area contributed by atoms with E-state index in [1.54, 1.807) is 6.20 Å². The summed E-state index contributed by atoms with van der Waals surface area (Å²) in [7, 11) is 0. The van der Waals surface area contributed by atoms with Gasteiger partial charge >= 0.3 is 0 Å². The zero-order valence-corrected chi connectivity index (χ0v) is 10.5. The fourth-order valence-electron chi connectivity index (χ4n) is 3.13. The zero-order valence-electron chi connectivity index (χ0n) is 10.5. The summed E-state index contributed by atoms with van der Waals surface area (Å²) < 4.78 is 5.70. The molecule has 98 valence electrons. The highest BCUT2D eigenvalue weighted by molar-refractivity contribution is 5.75. The van der Waals surface area contributed by atoms with Crippen LogP contribution in [0.5, 0.6) is 0 Å². The van der Waals surface area contributed by atoms with Crippen LogP contribution < -0.4 is 11.1 Å². The highest BCUT2D eigenvalue weighted by Crippen LogP contribution is 2.39. The van der Waals surface area contributed by atoms with Crippen LogP contribution in [-0.4, -0.2) is 34.8 Å². The molecule has 19 heavy (non-hydrogen) atoms. The summed E-state index contributed by atoms with van der Waals surface area (Å²) in [5.74, 6) is 1.28. The molecule has 1 aliphatic heterocycles. The lowest BCUT2D eigenvalue weighted by Gasteiger charge is -2.45. The van der Waals surface area contributed by atoms with Gasteiger partial charge in [0, 0.05) is 18.6 Å². The van der Waals surface area contributed by atoms with Crippen LogP contribution in [0.25, 0.3) is 11.0 Å². The second-order valence-electron chi connectivity index (χ2n) is 5.28. The molecule has 2 aliphatic rings. The smallest absolute Gasteiger partial charge is 0.145 e. The van der Waals surface area contributed by atoms with Crippen molar-refractivity contribution in [3.05, 3.63) is 30.5 Å². The first-order valence-corrected chi connectivity index (χ1v) is 6.68. The summed E-state index contributed by atoms with van der Waals surface area (Å²) in [6, 6.07) is 8.15. The average molecular weight is 256 g/mol. The van der Waals surface area contributed by atoms with E-state index >= 15 is 0 Å². The summed E-state index contributed by atoms with van der Waals surface area (Å²) in [6.45, 7) is 0.824. The molecule has 4 unspecified atom stereocenters. The monoisotopic (exact) mass is 256 g/mol. The van der Waals surface area contributed by atoms with Crippen LogP contribution in [0.15, 0.2) is 30.5 Å². The Morgan fingerprint density at radius 3 is 3.00 bits per heavy atom. The normalized spacial score (nSPS) is 32.9. The molecule has 0 radical (unpaired) electrons. The zero-order chi connectivity index (χ0) is 12.8. The molecule has 2 fully saturated rings. The maximum absolute atomic E-state index is 6.18. The average Bonchev–Trinajstić information content (AvgIpc) is 2.89. The van der Waals surface area contributed by atoms with Crippen molar-refractivity contribution < 1.29 is 4.74 Å². The number of hydrogen-bond acceptors (Lipinski definition) is 5. The van der Waals surface area contributed by atoms with E-state index in [0.29, 0.717) is 5.92 Å². The Morgan fingerprint density at radius 1 is 1.26 bits per heavy atom. The van der Waals surface area contributed by atoms with Crippen LogP contribution in [0, 0.1) is 5.92 Å². The number of ether oxygens (including phenoxy) is 1. The Bertz CT molecular complexity index is 617. The van der Waals surface area contributed by atoms with Crippen molar-refractivity contribution in [1.29, 1.82) is 0 Å². The molecule has 5 heteroatoms. The van der Waals surface area contributed by atoms with Gasteiger partial charge in [-0.05, 0) is 18.6 Å². The molecule has 1 saturated heterocycles. The molecule has 1 aromatic heterocycles. The predicted molar refractivity (Wildman–Crippen MR) is 72.8 cm³/mol. The number of fused-ring (bicyclic) bond motifs is 2. The van der Waals surface area contributed by atoms with Crippen molar-refractivity contribution in [3.63, 3.8) is 0 Å². The summed E-state index contributed by atoms with van der Waals surface area (Å²) in [4.78, 5) is 8.96. The first kappa shape index (κ1) is 11.1. The van der Waals surface area contributed by atoms with Crippen LogP contribution in [0.2, 0.25) is 0 Å². The van der Waals surface area contributed by atoms with E-state index in [4.69, 9.17) is 10.5 Å². The maximum Gasteiger partial charge on any atom is 0.145 e. The van der Waals surface area contributed by atoms with Crippen molar-refractivity contribution in [2.75, 3.05) is 11.9 Å². The number of nitrogens with zero attached hydrogens (tertiary/aromatic N) is 2. The van der Waals surface area contributed by atoms with Crippen LogP contribution in [0.3, 0.4) is 0 Å². The standard InChI is InChI=1S/C14H16N4O/c15-12-8-5-6-19-14(8)13(12)18-11-7-16-9-3-1-2-4-10(9)17-11/h1-4,7-8,12-14H,5-6,15H2,(H,17,18). The lowest BCUT2D eigenvalue weighted by molar-refractivity contribution is 0.00524. The lowest BCUT2D eigenvalue weighted by Crippen LogP contribution is -2.65. The first-order valence-electron chi connectivity index (χ1n) is 6.68. The minimum atomic E-state index is 0.153. The van der Waals surface area contributed by atoms with E-state index in [2.05, 4.69) is 15.3 Å². The van der Waals surface area contributed by atoms with Crippen molar-refractivity contribution in [1.82, 2.24) is 9.97 Å². The van der Waals surface area contributed by atoms with E-state index in [9.17, 15) is 0 Å². The van der Waals surface area contributed by atoms with E-state index in [1.165, 1.54) is 0 Å². The molecule has 5 nitrogen and oxygen atoms in total. The molecule has 1 aliphatic carbocycles. The summed E-state index contributed by atoms with van der Waals surface area (Å²) >= 11 is 0.